The number of furan rings is 2. The van der Waals surface area contributed by atoms with E-state index in [1.807, 2.05) is 23.5 Å². The lowest BCUT2D eigenvalue weighted by atomic mass is 9.96. The molecule has 0 saturated carbocycles. The van der Waals surface area contributed by atoms with Crippen molar-refractivity contribution in [3.63, 3.8) is 0 Å². The SMILES string of the molecule is c1ccc(-c2cccc(N(c3cccc4c3oc3c(-c5ccccc5)c5c(cc34)oc3ccccc35)c3cccc4c3sc3ccccc34)c2)cc1. The fraction of sp³-hybridized carbons (Fsp3) is 0. The van der Waals surface area contributed by atoms with Crippen molar-refractivity contribution in [1.29, 1.82) is 0 Å². The van der Waals surface area contributed by atoms with Crippen molar-refractivity contribution in [2.24, 2.45) is 0 Å². The van der Waals surface area contributed by atoms with E-state index in [2.05, 4.69) is 169 Å². The zero-order valence-corrected chi connectivity index (χ0v) is 28.7. The number of benzene rings is 8. The Morgan fingerprint density at radius 3 is 1.90 bits per heavy atom. The predicted molar refractivity (Wildman–Crippen MR) is 219 cm³/mol. The Balaban J connectivity index is 1.24. The van der Waals surface area contributed by atoms with Gasteiger partial charge in [0.15, 0.2) is 5.58 Å². The van der Waals surface area contributed by atoms with E-state index >= 15 is 0 Å². The van der Waals surface area contributed by atoms with Crippen molar-refractivity contribution in [2.45, 2.75) is 0 Å². The molecular weight excluding hydrogens is 655 g/mol. The smallest absolute Gasteiger partial charge is 0.159 e. The lowest BCUT2D eigenvalue weighted by molar-refractivity contribution is 0.665. The van der Waals surface area contributed by atoms with Crippen molar-refractivity contribution in [2.75, 3.05) is 4.90 Å². The molecule has 3 aromatic heterocycles. The lowest BCUT2D eigenvalue weighted by Gasteiger charge is -2.26. The van der Waals surface area contributed by atoms with E-state index in [1.54, 1.807) is 0 Å². The zero-order valence-electron chi connectivity index (χ0n) is 27.9. The van der Waals surface area contributed by atoms with Gasteiger partial charge in [-0.25, -0.2) is 0 Å². The Morgan fingerprint density at radius 1 is 0.404 bits per heavy atom. The molecule has 0 aliphatic heterocycles. The molecule has 0 N–H and O–H groups in total. The van der Waals surface area contributed by atoms with Gasteiger partial charge in [0.05, 0.1) is 16.1 Å². The van der Waals surface area contributed by atoms with E-state index in [4.69, 9.17) is 8.83 Å². The van der Waals surface area contributed by atoms with Crippen LogP contribution >= 0.6 is 11.3 Å². The van der Waals surface area contributed by atoms with Crippen molar-refractivity contribution >= 4 is 92.4 Å². The first-order valence-corrected chi connectivity index (χ1v) is 18.3. The average Bonchev–Trinajstić information content (AvgIpc) is 3.90. The first-order valence-electron chi connectivity index (χ1n) is 17.5. The fourth-order valence-electron chi connectivity index (χ4n) is 7.95. The second-order valence-electron chi connectivity index (χ2n) is 13.2. The fourth-order valence-corrected chi connectivity index (χ4v) is 9.16. The summed E-state index contributed by atoms with van der Waals surface area (Å²) >= 11 is 1.84. The van der Waals surface area contributed by atoms with Gasteiger partial charge in [0.1, 0.15) is 16.7 Å². The standard InChI is InChI=1S/C48H29NO2S/c1-3-14-30(15-4-1)32-18-11-19-33(28-32)49(40-25-13-23-36-34-20-8-10-27-43(34)52-48(36)40)39-24-12-22-35-38-29-42-45(37-21-7-9-26-41(37)50-42)44(47(38)51-46(35)39)31-16-5-2-6-17-31/h1-29H. The van der Waals surface area contributed by atoms with Crippen LogP contribution in [0.3, 0.4) is 0 Å². The van der Waals surface area contributed by atoms with Crippen LogP contribution in [0.4, 0.5) is 17.1 Å². The molecule has 3 heterocycles. The minimum atomic E-state index is 0.829. The molecule has 3 nitrogen and oxygen atoms in total. The van der Waals surface area contributed by atoms with E-state index in [1.165, 1.54) is 25.7 Å². The second-order valence-corrected chi connectivity index (χ2v) is 14.3. The van der Waals surface area contributed by atoms with Gasteiger partial charge in [-0.05, 0) is 59.2 Å². The highest BCUT2D eigenvalue weighted by Gasteiger charge is 2.25. The third-order valence-corrected chi connectivity index (χ3v) is 11.5. The number of thiophene rings is 1. The Labute approximate surface area is 303 Å². The molecule has 0 unspecified atom stereocenters. The predicted octanol–water partition coefficient (Wildman–Crippen LogP) is 14.7. The molecule has 0 atom stereocenters. The molecule has 11 rings (SSSR count). The zero-order chi connectivity index (χ0) is 34.2. The topological polar surface area (TPSA) is 29.5 Å². The van der Waals surface area contributed by atoms with Gasteiger partial charge in [-0.2, -0.15) is 0 Å². The number of hydrogen-bond acceptors (Lipinski definition) is 4. The maximum absolute atomic E-state index is 7.23. The molecule has 0 bridgehead atoms. The van der Waals surface area contributed by atoms with Crippen molar-refractivity contribution in [1.82, 2.24) is 0 Å². The maximum atomic E-state index is 7.23. The van der Waals surface area contributed by atoms with E-state index in [0.717, 1.165) is 77.6 Å². The van der Waals surface area contributed by atoms with Crippen LogP contribution in [0.2, 0.25) is 0 Å². The number of rotatable bonds is 5. The van der Waals surface area contributed by atoms with Crippen molar-refractivity contribution in [3.8, 4) is 22.3 Å². The highest BCUT2D eigenvalue weighted by atomic mass is 32.1. The highest BCUT2D eigenvalue weighted by molar-refractivity contribution is 7.26. The summed E-state index contributed by atoms with van der Waals surface area (Å²) in [7, 11) is 0. The molecule has 4 heteroatoms. The summed E-state index contributed by atoms with van der Waals surface area (Å²) in [5.74, 6) is 0. The van der Waals surface area contributed by atoms with Gasteiger partial charge >= 0.3 is 0 Å². The Kier molecular flexibility index (Phi) is 6.42. The molecule has 0 radical (unpaired) electrons. The van der Waals surface area contributed by atoms with Gasteiger partial charge in [-0.3, -0.25) is 0 Å². The third kappa shape index (κ3) is 4.38. The summed E-state index contributed by atoms with van der Waals surface area (Å²) in [5, 5.41) is 6.73. The van der Waals surface area contributed by atoms with Gasteiger partial charge in [0.2, 0.25) is 0 Å². The van der Waals surface area contributed by atoms with Crippen LogP contribution in [0, 0.1) is 0 Å². The van der Waals surface area contributed by atoms with Crippen LogP contribution in [0.25, 0.3) is 86.3 Å². The number of fused-ring (bicyclic) bond motifs is 9. The second kappa shape index (κ2) is 11.5. The third-order valence-electron chi connectivity index (χ3n) is 10.2. The minimum Gasteiger partial charge on any atom is -0.456 e. The minimum absolute atomic E-state index is 0.829. The lowest BCUT2D eigenvalue weighted by Crippen LogP contribution is -2.10. The Bertz CT molecular complexity index is 3130. The van der Waals surface area contributed by atoms with Gasteiger partial charge < -0.3 is 13.7 Å². The first kappa shape index (κ1) is 29.1. The Hall–Kier alpha value is -6.62. The van der Waals surface area contributed by atoms with Crippen LogP contribution in [0.5, 0.6) is 0 Å². The van der Waals surface area contributed by atoms with Gasteiger partial charge in [-0.1, -0.05) is 133 Å². The Morgan fingerprint density at radius 2 is 1.06 bits per heavy atom. The summed E-state index contributed by atoms with van der Waals surface area (Å²) in [6.07, 6.45) is 0. The van der Waals surface area contributed by atoms with Crippen LogP contribution < -0.4 is 4.90 Å². The molecule has 244 valence electrons. The first-order chi connectivity index (χ1) is 25.8. The number of anilines is 3. The van der Waals surface area contributed by atoms with E-state index in [-0.39, 0.29) is 0 Å². The van der Waals surface area contributed by atoms with Crippen LogP contribution in [-0.2, 0) is 0 Å². The summed E-state index contributed by atoms with van der Waals surface area (Å²) in [5.41, 5.74) is 11.0. The van der Waals surface area contributed by atoms with Gasteiger partial charge in [0, 0.05) is 48.3 Å². The summed E-state index contributed by atoms with van der Waals surface area (Å²) in [6.45, 7) is 0. The molecular formula is C48H29NO2S. The molecule has 11 aromatic rings. The van der Waals surface area contributed by atoms with Crippen LogP contribution in [0.15, 0.2) is 185 Å². The molecule has 0 saturated heterocycles. The maximum Gasteiger partial charge on any atom is 0.159 e. The number of hydrogen-bond donors (Lipinski definition) is 0. The normalized spacial score (nSPS) is 11.8. The monoisotopic (exact) mass is 683 g/mol. The van der Waals surface area contributed by atoms with E-state index in [0.29, 0.717) is 0 Å². The number of nitrogens with zero attached hydrogens (tertiary/aromatic N) is 1. The van der Waals surface area contributed by atoms with E-state index < -0.39 is 0 Å². The average molecular weight is 684 g/mol. The summed E-state index contributed by atoms with van der Waals surface area (Å²) < 4.78 is 16.3. The molecule has 52 heavy (non-hydrogen) atoms. The van der Waals surface area contributed by atoms with Gasteiger partial charge in [0.25, 0.3) is 0 Å². The number of para-hydroxylation sites is 2. The van der Waals surface area contributed by atoms with Crippen molar-refractivity contribution in [3.05, 3.63) is 176 Å². The highest BCUT2D eigenvalue weighted by Crippen LogP contribution is 2.50. The van der Waals surface area contributed by atoms with Crippen LogP contribution in [-0.4, -0.2) is 0 Å². The molecule has 0 spiro atoms. The largest absolute Gasteiger partial charge is 0.456 e. The molecule has 8 aromatic carbocycles. The molecule has 0 fully saturated rings. The van der Waals surface area contributed by atoms with Crippen molar-refractivity contribution < 1.29 is 8.83 Å². The molecule has 0 aliphatic carbocycles. The molecule has 0 aliphatic rings. The summed E-state index contributed by atoms with van der Waals surface area (Å²) in [4.78, 5) is 2.39. The van der Waals surface area contributed by atoms with E-state index in [9.17, 15) is 0 Å². The summed E-state index contributed by atoms with van der Waals surface area (Å²) in [6, 6.07) is 62.3. The quantitative estimate of drug-likeness (QED) is 0.181. The van der Waals surface area contributed by atoms with Crippen LogP contribution in [0.1, 0.15) is 0 Å². The molecule has 0 amide bonds. The van der Waals surface area contributed by atoms with Gasteiger partial charge in [-0.15, -0.1) is 11.3 Å².